The number of ether oxygens (including phenoxy) is 1. The van der Waals surface area contributed by atoms with Crippen molar-refractivity contribution >= 4 is 16.8 Å². The number of carbonyl (C=O) groups excluding carboxylic acids is 1. The van der Waals surface area contributed by atoms with Gasteiger partial charge in [0.05, 0.1) is 30.3 Å². The minimum Gasteiger partial charge on any atom is -0.497 e. The normalized spacial score (nSPS) is 20.0. The second-order valence-corrected chi connectivity index (χ2v) is 10.3. The number of carbonyl (C=O) groups is 1. The minimum atomic E-state index is -1.11. The Balaban J connectivity index is 1.42. The first kappa shape index (κ1) is 25.8. The number of rotatable bonds is 9. The molecule has 192 valence electrons. The Kier molecular flexibility index (Phi) is 8.57. The number of nitrogens with zero attached hydrogens (tertiary/aromatic N) is 2. The Morgan fingerprint density at radius 2 is 2.03 bits per heavy atom. The maximum absolute atomic E-state index is 14.8. The third-order valence-corrected chi connectivity index (χ3v) is 8.27. The molecule has 2 fully saturated rings. The number of halogens is 1. The maximum atomic E-state index is 14.8. The highest BCUT2D eigenvalue weighted by Crippen LogP contribution is 2.40. The van der Waals surface area contributed by atoms with Crippen molar-refractivity contribution < 1.29 is 24.2 Å². The molecule has 0 bridgehead atoms. The van der Waals surface area contributed by atoms with Crippen molar-refractivity contribution in [3.05, 3.63) is 35.8 Å². The summed E-state index contributed by atoms with van der Waals surface area (Å²) in [6.45, 7) is 2.60. The lowest BCUT2D eigenvalue weighted by Gasteiger charge is -2.41. The summed E-state index contributed by atoms with van der Waals surface area (Å²) >= 11 is 0. The molecule has 35 heavy (non-hydrogen) atoms. The molecule has 2 heterocycles. The molecule has 8 heteroatoms. The first-order valence-corrected chi connectivity index (χ1v) is 12.9. The fraction of sp³-hybridized carbons (Fsp3) is 0.630. The zero-order valence-corrected chi connectivity index (χ0v) is 20.6. The van der Waals surface area contributed by atoms with E-state index >= 15 is 0 Å². The maximum Gasteiger partial charge on any atom is 0.249 e. The number of methoxy groups -OCH3 is 1. The average Bonchev–Trinajstić information content (AvgIpc) is 2.90. The van der Waals surface area contributed by atoms with Gasteiger partial charge >= 0.3 is 0 Å². The number of piperidine rings is 1. The van der Waals surface area contributed by atoms with Crippen LogP contribution in [0.15, 0.2) is 24.4 Å². The van der Waals surface area contributed by atoms with Crippen LogP contribution in [-0.4, -0.2) is 52.8 Å². The van der Waals surface area contributed by atoms with Gasteiger partial charge in [-0.2, -0.15) is 0 Å². The Morgan fingerprint density at radius 1 is 1.29 bits per heavy atom. The number of amides is 1. The number of aliphatic hydroxyl groups is 1. The third-order valence-electron chi connectivity index (χ3n) is 8.27. The SMILES string of the molecule is COc1ccc2ncc(F)c(C(O)CCC3(C(=O)NO)CCN(CCC4CCCCC4)CC3)c2c1. The topological polar surface area (TPSA) is 94.9 Å². The molecule has 1 aliphatic heterocycles. The van der Waals surface area contributed by atoms with Gasteiger partial charge in [0.25, 0.3) is 0 Å². The van der Waals surface area contributed by atoms with Crippen LogP contribution in [0.25, 0.3) is 10.9 Å². The number of fused-ring (bicyclic) bond motifs is 1. The van der Waals surface area contributed by atoms with Crippen molar-refractivity contribution in [2.24, 2.45) is 11.3 Å². The number of nitrogens with one attached hydrogen (secondary N) is 1. The molecule has 1 aromatic carbocycles. The van der Waals surface area contributed by atoms with Crippen molar-refractivity contribution in [2.45, 2.75) is 70.3 Å². The number of likely N-dealkylation sites (tertiary alicyclic amines) is 1. The van der Waals surface area contributed by atoms with Gasteiger partial charge in [-0.15, -0.1) is 0 Å². The quantitative estimate of drug-likeness (QED) is 0.349. The van der Waals surface area contributed by atoms with Crippen LogP contribution in [0.5, 0.6) is 5.75 Å². The number of hydrogen-bond donors (Lipinski definition) is 3. The predicted molar refractivity (Wildman–Crippen MR) is 132 cm³/mol. The summed E-state index contributed by atoms with van der Waals surface area (Å²) in [7, 11) is 1.53. The number of aromatic nitrogens is 1. The van der Waals surface area contributed by atoms with Crippen molar-refractivity contribution in [2.75, 3.05) is 26.7 Å². The number of pyridine rings is 1. The summed E-state index contributed by atoms with van der Waals surface area (Å²) < 4.78 is 20.1. The van der Waals surface area contributed by atoms with E-state index in [1.54, 1.807) is 18.2 Å². The van der Waals surface area contributed by atoms with E-state index in [0.717, 1.165) is 31.7 Å². The molecule has 7 nitrogen and oxygen atoms in total. The molecule has 2 aliphatic rings. The van der Waals surface area contributed by atoms with Gasteiger partial charge in [0.15, 0.2) is 0 Å². The van der Waals surface area contributed by atoms with E-state index in [1.165, 1.54) is 45.6 Å². The summed E-state index contributed by atoms with van der Waals surface area (Å²) in [5.41, 5.74) is 1.80. The van der Waals surface area contributed by atoms with Gasteiger partial charge in [0.1, 0.15) is 11.6 Å². The molecule has 0 spiro atoms. The Labute approximate surface area is 206 Å². The first-order valence-electron chi connectivity index (χ1n) is 12.9. The van der Waals surface area contributed by atoms with Gasteiger partial charge in [0.2, 0.25) is 5.91 Å². The Hall–Kier alpha value is -2.29. The monoisotopic (exact) mass is 487 g/mol. The van der Waals surface area contributed by atoms with Gasteiger partial charge in [-0.25, -0.2) is 9.87 Å². The van der Waals surface area contributed by atoms with Gasteiger partial charge in [-0.05, 0) is 75.9 Å². The van der Waals surface area contributed by atoms with E-state index in [2.05, 4.69) is 9.88 Å². The molecular weight excluding hydrogens is 449 g/mol. The van der Waals surface area contributed by atoms with Crippen LogP contribution in [0.4, 0.5) is 4.39 Å². The van der Waals surface area contributed by atoms with Crippen LogP contribution in [-0.2, 0) is 4.79 Å². The van der Waals surface area contributed by atoms with Gasteiger partial charge in [-0.3, -0.25) is 15.0 Å². The van der Waals surface area contributed by atoms with E-state index in [0.29, 0.717) is 35.9 Å². The standard InChI is InChI=1S/C27H38FN3O4/c1-35-20-7-8-23-21(17-20)25(22(28)18-29-23)24(32)9-11-27(26(33)30-34)12-15-31(16-13-27)14-10-19-5-3-2-4-6-19/h7-8,17-19,24,32,34H,2-6,9-16H2,1H3,(H,30,33). The highest BCUT2D eigenvalue weighted by atomic mass is 19.1. The summed E-state index contributed by atoms with van der Waals surface area (Å²) in [6, 6.07) is 5.14. The van der Waals surface area contributed by atoms with E-state index in [4.69, 9.17) is 4.74 Å². The molecule has 1 amide bonds. The number of benzene rings is 1. The molecule has 3 N–H and O–H groups in total. The van der Waals surface area contributed by atoms with Crippen molar-refractivity contribution in [1.29, 1.82) is 0 Å². The minimum absolute atomic E-state index is 0.165. The van der Waals surface area contributed by atoms with Crippen LogP contribution in [0.3, 0.4) is 0 Å². The van der Waals surface area contributed by atoms with E-state index in [9.17, 15) is 19.5 Å². The molecule has 2 aromatic rings. The van der Waals surface area contributed by atoms with E-state index in [1.807, 2.05) is 5.48 Å². The summed E-state index contributed by atoms with van der Waals surface area (Å²) in [6.07, 6.45) is 9.66. The second-order valence-electron chi connectivity index (χ2n) is 10.3. The largest absolute Gasteiger partial charge is 0.497 e. The smallest absolute Gasteiger partial charge is 0.249 e. The van der Waals surface area contributed by atoms with E-state index in [-0.39, 0.29) is 12.0 Å². The fourth-order valence-electron chi connectivity index (χ4n) is 5.95. The molecule has 1 saturated carbocycles. The zero-order valence-electron chi connectivity index (χ0n) is 20.6. The molecule has 0 radical (unpaired) electrons. The molecule has 1 atom stereocenters. The molecular formula is C27H38FN3O4. The average molecular weight is 488 g/mol. The summed E-state index contributed by atoms with van der Waals surface area (Å²) in [5, 5.41) is 21.0. The summed E-state index contributed by atoms with van der Waals surface area (Å²) in [4.78, 5) is 19.3. The van der Waals surface area contributed by atoms with Crippen LogP contribution >= 0.6 is 0 Å². The van der Waals surface area contributed by atoms with Crippen LogP contribution < -0.4 is 10.2 Å². The van der Waals surface area contributed by atoms with Crippen LogP contribution in [0.1, 0.15) is 75.9 Å². The van der Waals surface area contributed by atoms with Crippen LogP contribution in [0, 0.1) is 17.2 Å². The van der Waals surface area contributed by atoms with Crippen LogP contribution in [0.2, 0.25) is 0 Å². The molecule has 1 saturated heterocycles. The van der Waals surface area contributed by atoms with Gasteiger partial charge in [0, 0.05) is 10.9 Å². The molecule has 1 unspecified atom stereocenters. The Morgan fingerprint density at radius 3 is 2.71 bits per heavy atom. The van der Waals surface area contributed by atoms with Crippen molar-refractivity contribution in [3.63, 3.8) is 0 Å². The summed E-state index contributed by atoms with van der Waals surface area (Å²) in [5.74, 6) is 0.361. The Bertz CT molecular complexity index is 1000. The fourth-order valence-corrected chi connectivity index (χ4v) is 5.95. The lowest BCUT2D eigenvalue weighted by Crippen LogP contribution is -2.48. The number of hydroxylamine groups is 1. The van der Waals surface area contributed by atoms with E-state index < -0.39 is 23.2 Å². The second kappa shape index (κ2) is 11.6. The van der Waals surface area contributed by atoms with Gasteiger partial charge in [-0.1, -0.05) is 32.1 Å². The number of hydrogen-bond acceptors (Lipinski definition) is 6. The first-order chi connectivity index (χ1) is 17.0. The lowest BCUT2D eigenvalue weighted by atomic mass is 9.73. The number of aliphatic hydroxyl groups excluding tert-OH is 1. The predicted octanol–water partition coefficient (Wildman–Crippen LogP) is 4.75. The highest BCUT2D eigenvalue weighted by Gasteiger charge is 2.41. The van der Waals surface area contributed by atoms with Gasteiger partial charge < -0.3 is 14.7 Å². The zero-order chi connectivity index (χ0) is 24.8. The van der Waals surface area contributed by atoms with Crippen molar-refractivity contribution in [1.82, 2.24) is 15.4 Å². The van der Waals surface area contributed by atoms with Crippen molar-refractivity contribution in [3.8, 4) is 5.75 Å². The third kappa shape index (κ3) is 5.93. The molecule has 1 aliphatic carbocycles. The molecule has 4 rings (SSSR count). The lowest BCUT2D eigenvalue weighted by molar-refractivity contribution is -0.143. The molecule has 1 aromatic heterocycles. The highest BCUT2D eigenvalue weighted by molar-refractivity contribution is 5.84.